The lowest BCUT2D eigenvalue weighted by atomic mass is 9.80. The van der Waals surface area contributed by atoms with Gasteiger partial charge in [0.15, 0.2) is 5.60 Å². The van der Waals surface area contributed by atoms with Crippen LogP contribution >= 0.6 is 0 Å². The Morgan fingerprint density at radius 2 is 1.86 bits per heavy atom. The summed E-state index contributed by atoms with van der Waals surface area (Å²) in [5.41, 5.74) is -0.0492. The van der Waals surface area contributed by atoms with Gasteiger partial charge < -0.3 is 5.11 Å². The maximum absolute atomic E-state index is 11.2. The number of rotatable bonds is 4. The summed E-state index contributed by atoms with van der Waals surface area (Å²) in [6, 6.07) is 10.4. The number of nitrogens with zero attached hydrogens (tertiary/aromatic N) is 1. The molecule has 1 N–H and O–H groups in total. The summed E-state index contributed by atoms with van der Waals surface area (Å²) in [5.74, 6) is 6.67. The van der Waals surface area contributed by atoms with Crippen LogP contribution in [0.1, 0.15) is 45.1 Å². The first-order valence-electron chi connectivity index (χ1n) is 8.02. The first-order chi connectivity index (χ1) is 10.0. The van der Waals surface area contributed by atoms with Crippen molar-refractivity contribution >= 4 is 0 Å². The first kappa shape index (κ1) is 16.1. The second-order valence-electron chi connectivity index (χ2n) is 6.42. The van der Waals surface area contributed by atoms with E-state index in [1.54, 1.807) is 0 Å². The molecule has 1 aromatic rings. The van der Waals surface area contributed by atoms with Gasteiger partial charge in [-0.3, -0.25) is 4.90 Å². The predicted molar refractivity (Wildman–Crippen MR) is 87.8 cm³/mol. The molecule has 0 saturated heterocycles. The van der Waals surface area contributed by atoms with E-state index in [0.717, 1.165) is 18.4 Å². The maximum Gasteiger partial charge on any atom is 0.153 e. The van der Waals surface area contributed by atoms with E-state index in [-0.39, 0.29) is 5.92 Å². The second-order valence-corrected chi connectivity index (χ2v) is 6.42. The lowest BCUT2D eigenvalue weighted by Crippen LogP contribution is -2.33. The van der Waals surface area contributed by atoms with E-state index in [0.29, 0.717) is 12.6 Å². The Balaban J connectivity index is 2.23. The summed E-state index contributed by atoms with van der Waals surface area (Å²) in [6.45, 7) is 5.00. The molecule has 0 unspecified atom stereocenters. The van der Waals surface area contributed by atoms with Crippen LogP contribution in [0.25, 0.3) is 0 Å². The summed E-state index contributed by atoms with van der Waals surface area (Å²) in [4.78, 5) is 2.19. The summed E-state index contributed by atoms with van der Waals surface area (Å²) < 4.78 is 0. The van der Waals surface area contributed by atoms with Gasteiger partial charge in [0.2, 0.25) is 0 Å². The van der Waals surface area contributed by atoms with Crippen LogP contribution in [0, 0.1) is 17.8 Å². The number of benzene rings is 1. The molecule has 1 aliphatic carbocycles. The quantitative estimate of drug-likeness (QED) is 0.857. The topological polar surface area (TPSA) is 23.5 Å². The fraction of sp³-hybridized carbons (Fsp3) is 0.579. The van der Waals surface area contributed by atoms with Crippen molar-refractivity contribution < 1.29 is 5.11 Å². The van der Waals surface area contributed by atoms with Crippen LogP contribution < -0.4 is 0 Å². The SMILES string of the molecule is CC(C)N(C)CC#C[C@](O)(c1ccccc1)C1CCCC1. The molecule has 0 radical (unpaired) electrons. The molecule has 0 spiro atoms. The largest absolute Gasteiger partial charge is 0.373 e. The fourth-order valence-corrected chi connectivity index (χ4v) is 2.93. The van der Waals surface area contributed by atoms with Gasteiger partial charge in [-0.2, -0.15) is 0 Å². The maximum atomic E-state index is 11.2. The van der Waals surface area contributed by atoms with Gasteiger partial charge in [-0.05, 0) is 39.3 Å². The van der Waals surface area contributed by atoms with Crippen molar-refractivity contribution in [3.05, 3.63) is 35.9 Å². The molecule has 0 amide bonds. The number of hydrogen-bond acceptors (Lipinski definition) is 2. The average molecular weight is 285 g/mol. The molecule has 1 saturated carbocycles. The highest BCUT2D eigenvalue weighted by atomic mass is 16.3. The Morgan fingerprint density at radius 3 is 2.43 bits per heavy atom. The van der Waals surface area contributed by atoms with Crippen LogP contribution in [0.4, 0.5) is 0 Å². The van der Waals surface area contributed by atoms with E-state index in [4.69, 9.17) is 0 Å². The van der Waals surface area contributed by atoms with Crippen LogP contribution in [0.15, 0.2) is 30.3 Å². The van der Waals surface area contributed by atoms with Crippen LogP contribution in [-0.2, 0) is 5.60 Å². The molecule has 1 fully saturated rings. The fourth-order valence-electron chi connectivity index (χ4n) is 2.93. The Hall–Kier alpha value is -1.30. The molecule has 114 valence electrons. The standard InChI is InChI=1S/C19H27NO/c1-16(2)20(3)15-9-14-19(21,18-12-7-8-13-18)17-10-5-4-6-11-17/h4-6,10-11,16,18,21H,7-8,12-13,15H2,1-3H3/t19-/m0/s1. The van der Waals surface area contributed by atoms with Gasteiger partial charge in [0.25, 0.3) is 0 Å². The summed E-state index contributed by atoms with van der Waals surface area (Å²) >= 11 is 0. The molecule has 1 aliphatic rings. The van der Waals surface area contributed by atoms with Crippen molar-refractivity contribution in [2.24, 2.45) is 5.92 Å². The first-order valence-corrected chi connectivity index (χ1v) is 8.02. The predicted octanol–water partition coefficient (Wildman–Crippen LogP) is 3.41. The zero-order chi connectivity index (χ0) is 15.3. The van der Waals surface area contributed by atoms with Crippen molar-refractivity contribution in [3.8, 4) is 11.8 Å². The van der Waals surface area contributed by atoms with Gasteiger partial charge in [0.05, 0.1) is 6.54 Å². The van der Waals surface area contributed by atoms with Gasteiger partial charge >= 0.3 is 0 Å². The molecular weight excluding hydrogens is 258 g/mol. The third kappa shape index (κ3) is 3.87. The molecule has 1 atom stereocenters. The minimum Gasteiger partial charge on any atom is -0.373 e. The Kier molecular flexibility index (Phi) is 5.45. The van der Waals surface area contributed by atoms with Crippen LogP contribution in [-0.4, -0.2) is 29.6 Å². The van der Waals surface area contributed by atoms with Gasteiger partial charge in [-0.1, -0.05) is 55.0 Å². The van der Waals surface area contributed by atoms with Gasteiger partial charge in [0.1, 0.15) is 0 Å². The van der Waals surface area contributed by atoms with Crippen molar-refractivity contribution in [3.63, 3.8) is 0 Å². The average Bonchev–Trinajstić information content (AvgIpc) is 3.02. The third-order valence-electron chi connectivity index (χ3n) is 4.65. The smallest absolute Gasteiger partial charge is 0.153 e. The molecule has 0 aromatic heterocycles. The van der Waals surface area contributed by atoms with Crippen molar-refractivity contribution in [2.45, 2.75) is 51.2 Å². The molecule has 1 aromatic carbocycles. The second kappa shape index (κ2) is 7.11. The van der Waals surface area contributed by atoms with Gasteiger partial charge in [-0.25, -0.2) is 0 Å². The highest BCUT2D eigenvalue weighted by molar-refractivity contribution is 5.33. The van der Waals surface area contributed by atoms with Crippen LogP contribution in [0.3, 0.4) is 0 Å². The Bertz CT molecular complexity index is 493. The number of hydrogen-bond donors (Lipinski definition) is 1. The Morgan fingerprint density at radius 1 is 1.24 bits per heavy atom. The number of aliphatic hydroxyl groups is 1. The third-order valence-corrected chi connectivity index (χ3v) is 4.65. The van der Waals surface area contributed by atoms with Crippen molar-refractivity contribution in [2.75, 3.05) is 13.6 Å². The monoisotopic (exact) mass is 285 g/mol. The van der Waals surface area contributed by atoms with Gasteiger partial charge in [0, 0.05) is 12.0 Å². The summed E-state index contributed by atoms with van der Waals surface area (Å²) in [7, 11) is 2.07. The van der Waals surface area contributed by atoms with E-state index in [1.165, 1.54) is 12.8 Å². The Labute approximate surface area is 129 Å². The zero-order valence-corrected chi connectivity index (χ0v) is 13.5. The molecule has 21 heavy (non-hydrogen) atoms. The molecule has 2 nitrogen and oxygen atoms in total. The zero-order valence-electron chi connectivity index (χ0n) is 13.5. The van der Waals surface area contributed by atoms with Crippen LogP contribution in [0.2, 0.25) is 0 Å². The highest BCUT2D eigenvalue weighted by Gasteiger charge is 2.38. The van der Waals surface area contributed by atoms with E-state index >= 15 is 0 Å². The minimum atomic E-state index is -0.990. The molecule has 2 rings (SSSR count). The molecule has 0 aliphatic heterocycles. The lowest BCUT2D eigenvalue weighted by Gasteiger charge is -2.29. The van der Waals surface area contributed by atoms with E-state index in [9.17, 15) is 5.11 Å². The van der Waals surface area contributed by atoms with Crippen LogP contribution in [0.5, 0.6) is 0 Å². The van der Waals surface area contributed by atoms with E-state index < -0.39 is 5.60 Å². The summed E-state index contributed by atoms with van der Waals surface area (Å²) in [5, 5.41) is 11.2. The molecule has 2 heteroatoms. The lowest BCUT2D eigenvalue weighted by molar-refractivity contribution is 0.0367. The summed E-state index contributed by atoms with van der Waals surface area (Å²) in [6.07, 6.45) is 4.54. The van der Waals surface area contributed by atoms with Crippen molar-refractivity contribution in [1.29, 1.82) is 0 Å². The van der Waals surface area contributed by atoms with Gasteiger partial charge in [-0.15, -0.1) is 0 Å². The molecule has 0 bridgehead atoms. The normalized spacial score (nSPS) is 18.6. The minimum absolute atomic E-state index is 0.261. The van der Waals surface area contributed by atoms with E-state index in [1.807, 2.05) is 30.3 Å². The van der Waals surface area contributed by atoms with Crippen molar-refractivity contribution in [1.82, 2.24) is 4.90 Å². The molecular formula is C19H27NO. The molecule has 0 heterocycles. The van der Waals surface area contributed by atoms with E-state index in [2.05, 4.69) is 37.6 Å². The highest BCUT2D eigenvalue weighted by Crippen LogP contribution is 2.40.